The van der Waals surface area contributed by atoms with E-state index < -0.39 is 0 Å². The minimum absolute atomic E-state index is 0.169. The van der Waals surface area contributed by atoms with E-state index in [-0.39, 0.29) is 5.91 Å². The van der Waals surface area contributed by atoms with Crippen molar-refractivity contribution in [3.63, 3.8) is 0 Å². The van der Waals surface area contributed by atoms with Crippen molar-refractivity contribution in [2.75, 3.05) is 5.32 Å². The smallest absolute Gasteiger partial charge is 0.257 e. The molecule has 0 aliphatic heterocycles. The quantitative estimate of drug-likeness (QED) is 0.767. The third-order valence-corrected chi connectivity index (χ3v) is 4.03. The van der Waals surface area contributed by atoms with E-state index in [0.29, 0.717) is 15.6 Å². The minimum atomic E-state index is -0.169. The van der Waals surface area contributed by atoms with Crippen LogP contribution in [0, 0.1) is 0 Å². The Bertz CT molecular complexity index is 736. The number of pyridine rings is 1. The van der Waals surface area contributed by atoms with Crippen molar-refractivity contribution < 1.29 is 4.79 Å². The number of halogens is 1. The predicted octanol–water partition coefficient (Wildman–Crippen LogP) is 4.04. The van der Waals surface area contributed by atoms with Gasteiger partial charge in [0.25, 0.3) is 5.91 Å². The van der Waals surface area contributed by atoms with Gasteiger partial charge in [0, 0.05) is 40.9 Å². The number of hydrogen-bond acceptors (Lipinski definition) is 3. The van der Waals surface area contributed by atoms with Crippen LogP contribution in [0.4, 0.5) is 5.69 Å². The molecule has 100 valence electrons. The number of aromatic amines is 1. The number of nitrogens with zero attached hydrogens (tertiary/aromatic N) is 1. The number of hydrogen-bond donors (Lipinski definition) is 2. The van der Waals surface area contributed by atoms with Crippen molar-refractivity contribution in [3.05, 3.63) is 59.0 Å². The van der Waals surface area contributed by atoms with Crippen LogP contribution in [0.25, 0.3) is 10.4 Å². The van der Waals surface area contributed by atoms with E-state index in [0.717, 1.165) is 10.4 Å². The van der Waals surface area contributed by atoms with Gasteiger partial charge in [-0.1, -0.05) is 11.6 Å². The molecule has 3 aromatic heterocycles. The van der Waals surface area contributed by atoms with Crippen LogP contribution in [-0.2, 0) is 0 Å². The third kappa shape index (κ3) is 2.59. The lowest BCUT2D eigenvalue weighted by Crippen LogP contribution is -2.11. The third-order valence-electron chi connectivity index (χ3n) is 2.77. The summed E-state index contributed by atoms with van der Waals surface area (Å²) < 4.78 is 0.696. The highest BCUT2D eigenvalue weighted by molar-refractivity contribution is 7.19. The molecule has 0 saturated carbocycles. The number of carbonyl (C=O) groups excluding carboxylic acids is 1. The summed E-state index contributed by atoms with van der Waals surface area (Å²) >= 11 is 7.38. The first-order valence-corrected chi connectivity index (χ1v) is 7.07. The Labute approximate surface area is 124 Å². The van der Waals surface area contributed by atoms with Gasteiger partial charge in [0.1, 0.15) is 0 Å². The van der Waals surface area contributed by atoms with Crippen molar-refractivity contribution >= 4 is 34.5 Å². The minimum Gasteiger partial charge on any atom is -0.366 e. The highest BCUT2D eigenvalue weighted by Crippen LogP contribution is 2.33. The Morgan fingerprint density at radius 1 is 1.20 bits per heavy atom. The maximum atomic E-state index is 12.3. The second-order valence-corrected chi connectivity index (χ2v) is 5.79. The Morgan fingerprint density at radius 3 is 2.70 bits per heavy atom. The van der Waals surface area contributed by atoms with Crippen LogP contribution < -0.4 is 5.32 Å². The number of nitrogens with one attached hydrogen (secondary N) is 2. The average molecular weight is 304 g/mol. The van der Waals surface area contributed by atoms with Crippen molar-refractivity contribution in [2.45, 2.75) is 0 Å². The molecule has 3 heterocycles. The van der Waals surface area contributed by atoms with Gasteiger partial charge < -0.3 is 10.3 Å². The summed E-state index contributed by atoms with van der Waals surface area (Å²) in [5.74, 6) is -0.169. The van der Waals surface area contributed by atoms with E-state index in [2.05, 4.69) is 15.3 Å². The van der Waals surface area contributed by atoms with Crippen LogP contribution in [0.15, 0.2) is 49.1 Å². The molecule has 0 fully saturated rings. The zero-order valence-electron chi connectivity index (χ0n) is 10.3. The summed E-state index contributed by atoms with van der Waals surface area (Å²) in [4.78, 5) is 20.1. The fourth-order valence-corrected chi connectivity index (χ4v) is 2.92. The number of amides is 1. The zero-order chi connectivity index (χ0) is 13.9. The molecule has 3 rings (SSSR count). The summed E-state index contributed by atoms with van der Waals surface area (Å²) in [7, 11) is 0. The van der Waals surface area contributed by atoms with Gasteiger partial charge in [-0.2, -0.15) is 0 Å². The van der Waals surface area contributed by atoms with Gasteiger partial charge in [-0.15, -0.1) is 11.3 Å². The number of rotatable bonds is 3. The summed E-state index contributed by atoms with van der Waals surface area (Å²) in [6.45, 7) is 0. The maximum Gasteiger partial charge on any atom is 0.257 e. The topological polar surface area (TPSA) is 57.8 Å². The molecule has 0 aliphatic carbocycles. The second kappa shape index (κ2) is 5.48. The molecule has 6 heteroatoms. The first kappa shape index (κ1) is 12.9. The van der Waals surface area contributed by atoms with Gasteiger partial charge in [0.15, 0.2) is 0 Å². The molecule has 0 unspecified atom stereocenters. The number of anilines is 1. The molecular formula is C14H10ClN3OS. The fraction of sp³-hybridized carbons (Fsp3) is 0. The van der Waals surface area contributed by atoms with Gasteiger partial charge >= 0.3 is 0 Å². The summed E-state index contributed by atoms with van der Waals surface area (Å²) in [5.41, 5.74) is 2.13. The number of aromatic nitrogens is 2. The second-order valence-electron chi connectivity index (χ2n) is 4.08. The Kier molecular flexibility index (Phi) is 3.54. The molecule has 0 bridgehead atoms. The van der Waals surface area contributed by atoms with Gasteiger partial charge in [-0.05, 0) is 24.3 Å². The standard InChI is InChI=1S/C14H10ClN3OS/c15-13-2-1-12(20-13)10-7-17-8-11(10)14(19)18-9-3-5-16-6-4-9/h1-8,17H,(H,16,18,19). The fourth-order valence-electron chi connectivity index (χ4n) is 1.85. The molecule has 1 amide bonds. The van der Waals surface area contributed by atoms with Crippen molar-refractivity contribution in [1.82, 2.24) is 9.97 Å². The molecule has 20 heavy (non-hydrogen) atoms. The lowest BCUT2D eigenvalue weighted by molar-refractivity contribution is 0.102. The molecule has 2 N–H and O–H groups in total. The van der Waals surface area contributed by atoms with E-state index in [1.165, 1.54) is 11.3 Å². The first-order chi connectivity index (χ1) is 9.74. The van der Waals surface area contributed by atoms with Gasteiger partial charge in [0.05, 0.1) is 9.90 Å². The molecule has 0 aliphatic rings. The summed E-state index contributed by atoms with van der Waals surface area (Å²) in [5, 5.41) is 2.83. The normalized spacial score (nSPS) is 10.4. The van der Waals surface area contributed by atoms with Crippen LogP contribution in [0.3, 0.4) is 0 Å². The molecule has 3 aromatic rings. The van der Waals surface area contributed by atoms with Crippen LogP contribution >= 0.6 is 22.9 Å². The first-order valence-electron chi connectivity index (χ1n) is 5.88. The largest absolute Gasteiger partial charge is 0.366 e. The van der Waals surface area contributed by atoms with E-state index in [1.807, 2.05) is 12.1 Å². The Morgan fingerprint density at radius 2 is 2.00 bits per heavy atom. The van der Waals surface area contributed by atoms with Crippen molar-refractivity contribution in [2.24, 2.45) is 0 Å². The molecule has 0 saturated heterocycles. The van der Waals surface area contributed by atoms with E-state index >= 15 is 0 Å². The average Bonchev–Trinajstić information content (AvgIpc) is 3.08. The zero-order valence-corrected chi connectivity index (χ0v) is 11.8. The van der Waals surface area contributed by atoms with Crippen LogP contribution in [0.1, 0.15) is 10.4 Å². The molecule has 0 aromatic carbocycles. The summed E-state index contributed by atoms with van der Waals surface area (Å²) in [6.07, 6.45) is 6.74. The number of H-pyrrole nitrogens is 1. The molecule has 0 spiro atoms. The van der Waals surface area contributed by atoms with Crippen molar-refractivity contribution in [1.29, 1.82) is 0 Å². The molecule has 0 radical (unpaired) electrons. The maximum absolute atomic E-state index is 12.3. The SMILES string of the molecule is O=C(Nc1ccncc1)c1c[nH]cc1-c1ccc(Cl)s1. The van der Waals surface area contributed by atoms with Crippen LogP contribution in [0.2, 0.25) is 4.34 Å². The number of carbonyl (C=O) groups is 1. The lowest BCUT2D eigenvalue weighted by Gasteiger charge is -2.04. The molecule has 4 nitrogen and oxygen atoms in total. The monoisotopic (exact) mass is 303 g/mol. The van der Waals surface area contributed by atoms with E-state index in [4.69, 9.17) is 11.6 Å². The predicted molar refractivity (Wildman–Crippen MR) is 81.3 cm³/mol. The number of thiophene rings is 1. The highest BCUT2D eigenvalue weighted by Gasteiger charge is 2.15. The van der Waals surface area contributed by atoms with Gasteiger partial charge in [0.2, 0.25) is 0 Å². The highest BCUT2D eigenvalue weighted by atomic mass is 35.5. The molecular weight excluding hydrogens is 294 g/mol. The van der Waals surface area contributed by atoms with E-state index in [1.54, 1.807) is 36.9 Å². The van der Waals surface area contributed by atoms with Crippen molar-refractivity contribution in [3.8, 4) is 10.4 Å². The Hall–Kier alpha value is -2.11. The van der Waals surface area contributed by atoms with Gasteiger partial charge in [-0.3, -0.25) is 9.78 Å². The molecule has 0 atom stereocenters. The lowest BCUT2D eigenvalue weighted by atomic mass is 10.1. The van der Waals surface area contributed by atoms with Crippen LogP contribution in [-0.4, -0.2) is 15.9 Å². The Balaban J connectivity index is 1.88. The van der Waals surface area contributed by atoms with Gasteiger partial charge in [-0.25, -0.2) is 0 Å². The van der Waals surface area contributed by atoms with Crippen LogP contribution in [0.5, 0.6) is 0 Å². The summed E-state index contributed by atoms with van der Waals surface area (Å²) in [6, 6.07) is 7.21. The van der Waals surface area contributed by atoms with E-state index in [9.17, 15) is 4.79 Å².